The van der Waals surface area contributed by atoms with Crippen molar-refractivity contribution in [2.75, 3.05) is 50.7 Å². The van der Waals surface area contributed by atoms with Crippen LogP contribution in [0.3, 0.4) is 0 Å². The summed E-state index contributed by atoms with van der Waals surface area (Å²) < 4.78 is 16.0. The van der Waals surface area contributed by atoms with Gasteiger partial charge in [0.1, 0.15) is 6.67 Å². The lowest BCUT2D eigenvalue weighted by molar-refractivity contribution is 0.130. The number of allylic oxidation sites excluding steroid dienone is 3. The molecule has 6 nitrogen and oxygen atoms in total. The maximum atomic E-state index is 12.9. The summed E-state index contributed by atoms with van der Waals surface area (Å²) in [7, 11) is 0. The molecule has 0 amide bonds. The van der Waals surface area contributed by atoms with Crippen LogP contribution in [0, 0.1) is 0 Å². The maximum Gasteiger partial charge on any atom is 0.192 e. The molecule has 2 heterocycles. The summed E-state index contributed by atoms with van der Waals surface area (Å²) in [5.41, 5.74) is 0.572. The summed E-state index contributed by atoms with van der Waals surface area (Å²) in [6.07, 6.45) is 7.88. The lowest BCUT2D eigenvalue weighted by Gasteiger charge is -2.28. The van der Waals surface area contributed by atoms with Crippen LogP contribution in [-0.4, -0.2) is 67.0 Å². The lowest BCUT2D eigenvalue weighted by Crippen LogP contribution is -2.42. The Kier molecular flexibility index (Phi) is 12.4. The SMILES string of the molecule is C=C(/C=C(Cl)\C(=C/CF)NCCCCN1CCCNCC1CO)SNc1nccs1. The number of thiazole rings is 1. The highest BCUT2D eigenvalue weighted by Gasteiger charge is 2.19. The van der Waals surface area contributed by atoms with Crippen molar-refractivity contribution in [3.8, 4) is 0 Å². The number of rotatable bonds is 13. The Hall–Kier alpha value is -1.10. The lowest BCUT2D eigenvalue weighted by atomic mass is 10.2. The standard InChI is InChI=1S/C20H31ClFN5OS2/c1-16(30-26-20-25-9-12-29-20)13-18(21)19(5-6-22)24-8-2-3-10-27-11-4-7-23-14-17(27)15-28/h5,9,12-13,17,23-24,28H,1-4,6-8,10-11,14-15H2,(H,25,26)/b18-13+,19-5+. The first kappa shape index (κ1) is 25.2. The minimum Gasteiger partial charge on any atom is -0.395 e. The van der Waals surface area contributed by atoms with E-state index in [1.807, 2.05) is 5.38 Å². The minimum atomic E-state index is -0.595. The van der Waals surface area contributed by atoms with E-state index in [4.69, 9.17) is 11.6 Å². The summed E-state index contributed by atoms with van der Waals surface area (Å²) in [4.78, 5) is 7.19. The van der Waals surface area contributed by atoms with Gasteiger partial charge in [0, 0.05) is 35.6 Å². The molecule has 1 aliphatic rings. The van der Waals surface area contributed by atoms with Gasteiger partial charge in [-0.05, 0) is 63.0 Å². The molecule has 1 unspecified atom stereocenters. The third-order valence-electron chi connectivity index (χ3n) is 4.62. The van der Waals surface area contributed by atoms with Gasteiger partial charge in [0.25, 0.3) is 0 Å². The van der Waals surface area contributed by atoms with Crippen LogP contribution in [0.25, 0.3) is 0 Å². The van der Waals surface area contributed by atoms with Gasteiger partial charge in [-0.3, -0.25) is 4.90 Å². The summed E-state index contributed by atoms with van der Waals surface area (Å²) in [6.45, 7) is 8.01. The van der Waals surface area contributed by atoms with Crippen molar-refractivity contribution in [1.29, 1.82) is 0 Å². The topological polar surface area (TPSA) is 72.5 Å². The van der Waals surface area contributed by atoms with E-state index < -0.39 is 6.67 Å². The Labute approximate surface area is 191 Å². The number of hydrogen-bond donors (Lipinski definition) is 4. The van der Waals surface area contributed by atoms with Crippen molar-refractivity contribution >= 4 is 40.0 Å². The molecule has 0 aliphatic carbocycles. The van der Waals surface area contributed by atoms with E-state index in [0.29, 0.717) is 22.2 Å². The molecule has 0 bridgehead atoms. The van der Waals surface area contributed by atoms with Crippen LogP contribution in [0.15, 0.2) is 45.9 Å². The van der Waals surface area contributed by atoms with E-state index in [2.05, 4.69) is 31.8 Å². The molecule has 1 atom stereocenters. The van der Waals surface area contributed by atoms with Gasteiger partial charge in [0.2, 0.25) is 0 Å². The predicted octanol–water partition coefficient (Wildman–Crippen LogP) is 3.72. The highest BCUT2D eigenvalue weighted by molar-refractivity contribution is 8.04. The van der Waals surface area contributed by atoms with Crippen LogP contribution in [-0.2, 0) is 0 Å². The number of aliphatic hydroxyl groups excluding tert-OH is 1. The first-order valence-electron chi connectivity index (χ1n) is 10.1. The zero-order chi connectivity index (χ0) is 21.6. The van der Waals surface area contributed by atoms with E-state index >= 15 is 0 Å². The third kappa shape index (κ3) is 9.36. The molecular weight excluding hydrogens is 445 g/mol. The summed E-state index contributed by atoms with van der Waals surface area (Å²) >= 11 is 9.18. The molecule has 168 valence electrons. The number of aliphatic hydroxyl groups is 1. The number of aromatic nitrogens is 1. The Morgan fingerprint density at radius 3 is 3.13 bits per heavy atom. The van der Waals surface area contributed by atoms with Gasteiger partial charge in [-0.2, -0.15) is 0 Å². The second-order valence-electron chi connectivity index (χ2n) is 6.84. The van der Waals surface area contributed by atoms with Crippen molar-refractivity contribution in [2.45, 2.75) is 25.3 Å². The summed E-state index contributed by atoms with van der Waals surface area (Å²) in [5, 5.41) is 19.3. The predicted molar refractivity (Wildman–Crippen MR) is 128 cm³/mol. The zero-order valence-corrected chi connectivity index (χ0v) is 19.5. The molecule has 1 aliphatic heterocycles. The Morgan fingerprint density at radius 1 is 1.53 bits per heavy atom. The van der Waals surface area contributed by atoms with Gasteiger partial charge in [-0.1, -0.05) is 18.2 Å². The van der Waals surface area contributed by atoms with Crippen LogP contribution in [0.4, 0.5) is 9.52 Å². The largest absolute Gasteiger partial charge is 0.395 e. The van der Waals surface area contributed by atoms with Gasteiger partial charge in [-0.15, -0.1) is 11.3 Å². The Balaban J connectivity index is 1.73. The van der Waals surface area contributed by atoms with E-state index in [1.54, 1.807) is 12.3 Å². The Bertz CT molecular complexity index is 687. The first-order chi connectivity index (χ1) is 14.6. The minimum absolute atomic E-state index is 0.175. The number of alkyl halides is 1. The van der Waals surface area contributed by atoms with Gasteiger partial charge >= 0.3 is 0 Å². The molecule has 2 rings (SSSR count). The van der Waals surface area contributed by atoms with Crippen molar-refractivity contribution in [1.82, 2.24) is 20.5 Å². The van der Waals surface area contributed by atoms with Gasteiger partial charge in [0.05, 0.1) is 17.3 Å². The number of anilines is 1. The monoisotopic (exact) mass is 475 g/mol. The third-order valence-corrected chi connectivity index (χ3v) is 6.43. The fourth-order valence-corrected chi connectivity index (χ4v) is 4.57. The molecule has 1 aromatic rings. The molecule has 0 radical (unpaired) electrons. The number of halogens is 2. The summed E-state index contributed by atoms with van der Waals surface area (Å²) in [6, 6.07) is 0.182. The molecule has 0 aromatic carbocycles. The van der Waals surface area contributed by atoms with Crippen LogP contribution in [0.1, 0.15) is 19.3 Å². The first-order valence-corrected chi connectivity index (χ1v) is 12.2. The van der Waals surface area contributed by atoms with Crippen LogP contribution < -0.4 is 15.4 Å². The second kappa shape index (κ2) is 14.8. The molecular formula is C20H31ClFN5OS2. The molecule has 10 heteroatoms. The van der Waals surface area contributed by atoms with Crippen LogP contribution in [0.5, 0.6) is 0 Å². The van der Waals surface area contributed by atoms with Gasteiger partial charge in [-0.25, -0.2) is 9.37 Å². The van der Waals surface area contributed by atoms with Gasteiger partial charge < -0.3 is 20.5 Å². The molecule has 1 saturated heterocycles. The molecule has 1 aromatic heterocycles. The molecule has 30 heavy (non-hydrogen) atoms. The smallest absolute Gasteiger partial charge is 0.192 e. The normalized spacial score (nSPS) is 18.8. The van der Waals surface area contributed by atoms with E-state index in [9.17, 15) is 9.50 Å². The quantitative estimate of drug-likeness (QED) is 0.197. The number of unbranched alkanes of at least 4 members (excludes halogenated alkanes) is 1. The average Bonchev–Trinajstić information content (AvgIpc) is 3.16. The fourth-order valence-electron chi connectivity index (χ4n) is 3.09. The molecule has 0 spiro atoms. The fraction of sp³-hybridized carbons (Fsp3) is 0.550. The highest BCUT2D eigenvalue weighted by Crippen LogP contribution is 2.24. The highest BCUT2D eigenvalue weighted by atomic mass is 35.5. The maximum absolute atomic E-state index is 12.9. The van der Waals surface area contributed by atoms with Crippen molar-refractivity contribution in [3.05, 3.63) is 45.9 Å². The Morgan fingerprint density at radius 2 is 2.40 bits per heavy atom. The number of nitrogens with zero attached hydrogens (tertiary/aromatic N) is 2. The van der Waals surface area contributed by atoms with Gasteiger partial charge in [0.15, 0.2) is 5.13 Å². The molecule has 4 N–H and O–H groups in total. The zero-order valence-electron chi connectivity index (χ0n) is 17.1. The average molecular weight is 476 g/mol. The van der Waals surface area contributed by atoms with Crippen molar-refractivity contribution in [3.63, 3.8) is 0 Å². The van der Waals surface area contributed by atoms with E-state index in [0.717, 1.165) is 50.6 Å². The summed E-state index contributed by atoms with van der Waals surface area (Å²) in [5.74, 6) is 0. The molecule has 0 saturated carbocycles. The van der Waals surface area contributed by atoms with Crippen molar-refractivity contribution in [2.24, 2.45) is 0 Å². The van der Waals surface area contributed by atoms with Crippen LogP contribution >= 0.6 is 34.9 Å². The molecule has 1 fully saturated rings. The van der Waals surface area contributed by atoms with Crippen molar-refractivity contribution < 1.29 is 9.50 Å². The second-order valence-corrected chi connectivity index (χ2v) is 9.07. The number of hydrogen-bond acceptors (Lipinski definition) is 8. The van der Waals surface area contributed by atoms with E-state index in [-0.39, 0.29) is 12.6 Å². The van der Waals surface area contributed by atoms with E-state index in [1.165, 1.54) is 29.4 Å². The van der Waals surface area contributed by atoms with Crippen LogP contribution in [0.2, 0.25) is 0 Å². The number of nitrogens with one attached hydrogen (secondary N) is 3.